The van der Waals surface area contributed by atoms with Crippen molar-refractivity contribution in [2.45, 2.75) is 12.8 Å². The highest BCUT2D eigenvalue weighted by atomic mass is 14.9. The highest BCUT2D eigenvalue weighted by Gasteiger charge is 2.01. The number of para-hydroxylation sites is 1. The van der Waals surface area contributed by atoms with Gasteiger partial charge in [-0.15, -0.1) is 6.58 Å². The zero-order valence-electron chi connectivity index (χ0n) is 10.6. The number of anilines is 1. The number of benzene rings is 2. The third-order valence-corrected chi connectivity index (χ3v) is 2.92. The zero-order chi connectivity index (χ0) is 12.6. The standard InChI is InChI=1S/C17H19N/c1-2-3-13-18-17-12-8-7-11-16(17)14-15-9-5-4-6-10-15/h2,4-12,18H,1,3,13-14H2. The van der Waals surface area contributed by atoms with Crippen molar-refractivity contribution in [3.63, 3.8) is 0 Å². The van der Waals surface area contributed by atoms with E-state index in [0.29, 0.717) is 0 Å². The molecule has 1 nitrogen and oxygen atoms in total. The van der Waals surface area contributed by atoms with Crippen molar-refractivity contribution in [2.75, 3.05) is 11.9 Å². The second-order valence-electron chi connectivity index (χ2n) is 4.32. The molecule has 0 aromatic heterocycles. The summed E-state index contributed by atoms with van der Waals surface area (Å²) < 4.78 is 0. The fourth-order valence-corrected chi connectivity index (χ4v) is 1.97. The van der Waals surface area contributed by atoms with Crippen LogP contribution in [0.15, 0.2) is 67.3 Å². The Labute approximate surface area is 109 Å². The van der Waals surface area contributed by atoms with Crippen LogP contribution in [0.3, 0.4) is 0 Å². The first kappa shape index (κ1) is 12.4. The molecule has 2 rings (SSSR count). The first-order valence-electron chi connectivity index (χ1n) is 6.37. The maximum atomic E-state index is 3.74. The minimum Gasteiger partial charge on any atom is -0.385 e. The molecule has 0 aliphatic rings. The van der Waals surface area contributed by atoms with E-state index in [2.05, 4.69) is 66.5 Å². The molecule has 2 aromatic carbocycles. The monoisotopic (exact) mass is 237 g/mol. The van der Waals surface area contributed by atoms with Gasteiger partial charge in [0, 0.05) is 12.2 Å². The normalized spacial score (nSPS) is 10.0. The highest BCUT2D eigenvalue weighted by molar-refractivity contribution is 5.52. The van der Waals surface area contributed by atoms with Crippen LogP contribution >= 0.6 is 0 Å². The van der Waals surface area contributed by atoms with Crippen LogP contribution in [0, 0.1) is 0 Å². The van der Waals surface area contributed by atoms with Gasteiger partial charge in [0.05, 0.1) is 0 Å². The SMILES string of the molecule is C=CCCNc1ccccc1Cc1ccccc1. The van der Waals surface area contributed by atoms with E-state index in [1.807, 2.05) is 6.08 Å². The predicted molar refractivity (Wildman–Crippen MR) is 79.0 cm³/mol. The molecule has 0 spiro atoms. The topological polar surface area (TPSA) is 12.0 Å². The van der Waals surface area contributed by atoms with E-state index in [4.69, 9.17) is 0 Å². The Kier molecular flexibility index (Phi) is 4.60. The van der Waals surface area contributed by atoms with Crippen LogP contribution in [0.4, 0.5) is 5.69 Å². The van der Waals surface area contributed by atoms with E-state index < -0.39 is 0 Å². The van der Waals surface area contributed by atoms with Gasteiger partial charge in [-0.3, -0.25) is 0 Å². The lowest BCUT2D eigenvalue weighted by atomic mass is 10.0. The first-order valence-corrected chi connectivity index (χ1v) is 6.37. The maximum Gasteiger partial charge on any atom is 0.0376 e. The highest BCUT2D eigenvalue weighted by Crippen LogP contribution is 2.18. The predicted octanol–water partition coefficient (Wildman–Crippen LogP) is 4.27. The minimum absolute atomic E-state index is 0.940. The van der Waals surface area contributed by atoms with Crippen molar-refractivity contribution < 1.29 is 0 Å². The van der Waals surface area contributed by atoms with Gasteiger partial charge in [-0.2, -0.15) is 0 Å². The largest absolute Gasteiger partial charge is 0.385 e. The third-order valence-electron chi connectivity index (χ3n) is 2.92. The molecule has 0 bridgehead atoms. The molecule has 92 valence electrons. The molecule has 0 radical (unpaired) electrons. The van der Waals surface area contributed by atoms with Crippen molar-refractivity contribution in [3.8, 4) is 0 Å². The van der Waals surface area contributed by atoms with Crippen LogP contribution in [0.5, 0.6) is 0 Å². The van der Waals surface area contributed by atoms with Crippen LogP contribution in [0.2, 0.25) is 0 Å². The summed E-state index contributed by atoms with van der Waals surface area (Å²) in [4.78, 5) is 0. The molecule has 0 fully saturated rings. The second-order valence-corrected chi connectivity index (χ2v) is 4.32. The first-order chi connectivity index (χ1) is 8.90. The number of hydrogen-bond acceptors (Lipinski definition) is 1. The van der Waals surface area contributed by atoms with Crippen molar-refractivity contribution in [2.24, 2.45) is 0 Å². The molecule has 0 unspecified atom stereocenters. The molecule has 0 atom stereocenters. The molecular weight excluding hydrogens is 218 g/mol. The molecule has 0 aliphatic carbocycles. The van der Waals surface area contributed by atoms with Crippen LogP contribution < -0.4 is 5.32 Å². The minimum atomic E-state index is 0.940. The summed E-state index contributed by atoms with van der Waals surface area (Å²) in [5.74, 6) is 0. The Balaban J connectivity index is 2.09. The van der Waals surface area contributed by atoms with Crippen LogP contribution in [0.25, 0.3) is 0 Å². The lowest BCUT2D eigenvalue weighted by Gasteiger charge is -2.11. The van der Waals surface area contributed by atoms with Crippen molar-refractivity contribution >= 4 is 5.69 Å². The Morgan fingerprint density at radius 1 is 0.944 bits per heavy atom. The number of hydrogen-bond donors (Lipinski definition) is 1. The van der Waals surface area contributed by atoms with Gasteiger partial charge in [0.15, 0.2) is 0 Å². The summed E-state index contributed by atoms with van der Waals surface area (Å²) in [5, 5.41) is 3.46. The fourth-order valence-electron chi connectivity index (χ4n) is 1.97. The summed E-state index contributed by atoms with van der Waals surface area (Å²) in [5.41, 5.74) is 3.91. The van der Waals surface area contributed by atoms with Gasteiger partial charge < -0.3 is 5.32 Å². The van der Waals surface area contributed by atoms with Gasteiger partial charge in [-0.1, -0.05) is 54.6 Å². The summed E-state index contributed by atoms with van der Waals surface area (Å²) in [6.07, 6.45) is 3.89. The fraction of sp³-hybridized carbons (Fsp3) is 0.176. The summed E-state index contributed by atoms with van der Waals surface area (Å²) in [6, 6.07) is 19.1. The Hall–Kier alpha value is -2.02. The average Bonchev–Trinajstić information content (AvgIpc) is 2.42. The third kappa shape index (κ3) is 3.49. The van der Waals surface area contributed by atoms with E-state index in [-0.39, 0.29) is 0 Å². The molecule has 0 amide bonds. The van der Waals surface area contributed by atoms with Gasteiger partial charge in [-0.05, 0) is 30.0 Å². The van der Waals surface area contributed by atoms with E-state index >= 15 is 0 Å². The van der Waals surface area contributed by atoms with Crippen molar-refractivity contribution in [1.29, 1.82) is 0 Å². The van der Waals surface area contributed by atoms with Crippen molar-refractivity contribution in [3.05, 3.63) is 78.4 Å². The molecule has 0 heterocycles. The zero-order valence-corrected chi connectivity index (χ0v) is 10.6. The van der Waals surface area contributed by atoms with E-state index in [1.54, 1.807) is 0 Å². The molecular formula is C17H19N. The lowest BCUT2D eigenvalue weighted by molar-refractivity contribution is 1.06. The van der Waals surface area contributed by atoms with Gasteiger partial charge in [-0.25, -0.2) is 0 Å². The summed E-state index contributed by atoms with van der Waals surface area (Å²) >= 11 is 0. The van der Waals surface area contributed by atoms with E-state index in [9.17, 15) is 0 Å². The quantitative estimate of drug-likeness (QED) is 0.584. The van der Waals surface area contributed by atoms with E-state index in [0.717, 1.165) is 19.4 Å². The van der Waals surface area contributed by atoms with Gasteiger partial charge in [0.25, 0.3) is 0 Å². The van der Waals surface area contributed by atoms with Gasteiger partial charge in [0.1, 0.15) is 0 Å². The molecule has 0 saturated heterocycles. The Bertz CT molecular complexity index is 488. The molecule has 0 aliphatic heterocycles. The number of rotatable bonds is 6. The average molecular weight is 237 g/mol. The number of nitrogens with one attached hydrogen (secondary N) is 1. The van der Waals surface area contributed by atoms with Crippen molar-refractivity contribution in [1.82, 2.24) is 0 Å². The Morgan fingerprint density at radius 3 is 2.44 bits per heavy atom. The van der Waals surface area contributed by atoms with E-state index in [1.165, 1.54) is 16.8 Å². The van der Waals surface area contributed by atoms with Gasteiger partial charge in [0.2, 0.25) is 0 Å². The lowest BCUT2D eigenvalue weighted by Crippen LogP contribution is -2.03. The Morgan fingerprint density at radius 2 is 1.67 bits per heavy atom. The van der Waals surface area contributed by atoms with Crippen LogP contribution in [-0.4, -0.2) is 6.54 Å². The second kappa shape index (κ2) is 6.65. The molecule has 0 saturated carbocycles. The van der Waals surface area contributed by atoms with Crippen LogP contribution in [0.1, 0.15) is 17.5 Å². The smallest absolute Gasteiger partial charge is 0.0376 e. The molecule has 1 heteroatoms. The summed E-state index contributed by atoms with van der Waals surface area (Å²) in [7, 11) is 0. The summed E-state index contributed by atoms with van der Waals surface area (Å²) in [6.45, 7) is 4.68. The molecule has 1 N–H and O–H groups in total. The van der Waals surface area contributed by atoms with Crippen LogP contribution in [-0.2, 0) is 6.42 Å². The molecule has 18 heavy (non-hydrogen) atoms. The maximum absolute atomic E-state index is 3.74. The molecule has 2 aromatic rings. The van der Waals surface area contributed by atoms with Gasteiger partial charge >= 0.3 is 0 Å².